The first-order valence-electron chi connectivity index (χ1n) is 9.78. The van der Waals surface area contributed by atoms with Gasteiger partial charge in [-0.15, -0.1) is 0 Å². The Balaban J connectivity index is 1.63. The maximum atomic E-state index is 5.55. The van der Waals surface area contributed by atoms with Gasteiger partial charge < -0.3 is 25.0 Å². The molecule has 7 heteroatoms. The van der Waals surface area contributed by atoms with Gasteiger partial charge >= 0.3 is 0 Å². The van der Waals surface area contributed by atoms with E-state index >= 15 is 0 Å². The Morgan fingerprint density at radius 2 is 1.97 bits per heavy atom. The van der Waals surface area contributed by atoms with Crippen LogP contribution in [0.15, 0.2) is 64.4 Å². The Morgan fingerprint density at radius 3 is 2.73 bits per heavy atom. The molecule has 0 fully saturated rings. The molecule has 2 heterocycles. The van der Waals surface area contributed by atoms with Gasteiger partial charge in [0, 0.05) is 17.1 Å². The molecule has 30 heavy (non-hydrogen) atoms. The zero-order chi connectivity index (χ0) is 20.9. The smallest absolute Gasteiger partial charge is 0.228 e. The molecule has 0 amide bonds. The highest BCUT2D eigenvalue weighted by Crippen LogP contribution is 2.35. The van der Waals surface area contributed by atoms with Crippen LogP contribution >= 0.6 is 0 Å². The molecule has 2 aromatic carbocycles. The third-order valence-electron chi connectivity index (χ3n) is 4.82. The Morgan fingerprint density at radius 1 is 1.13 bits per heavy atom. The Kier molecular flexibility index (Phi) is 5.81. The Bertz CT molecular complexity index is 1180. The number of anilines is 2. The number of nitrogens with zero attached hydrogens (tertiary/aromatic N) is 2. The molecular weight excluding hydrogens is 380 g/mol. The normalized spacial score (nSPS) is 11.8. The van der Waals surface area contributed by atoms with Crippen LogP contribution in [0.1, 0.15) is 18.9 Å². The first-order valence-corrected chi connectivity index (χ1v) is 9.78. The van der Waals surface area contributed by atoms with Gasteiger partial charge in [-0.1, -0.05) is 17.3 Å². The van der Waals surface area contributed by atoms with Gasteiger partial charge in [-0.25, -0.2) is 4.98 Å². The summed E-state index contributed by atoms with van der Waals surface area (Å²) in [7, 11) is 1.64. The van der Waals surface area contributed by atoms with Gasteiger partial charge in [0.05, 0.1) is 35.7 Å². The molecule has 0 aliphatic rings. The minimum atomic E-state index is 0.522. The lowest BCUT2D eigenvalue weighted by atomic mass is 10.1. The summed E-state index contributed by atoms with van der Waals surface area (Å²) in [5, 5.41) is 9.56. The molecule has 0 atom stereocenters. The zero-order valence-electron chi connectivity index (χ0n) is 17.0. The van der Waals surface area contributed by atoms with E-state index in [4.69, 9.17) is 19.7 Å². The van der Waals surface area contributed by atoms with Gasteiger partial charge in [-0.2, -0.15) is 0 Å². The van der Waals surface area contributed by atoms with Gasteiger partial charge in [-0.3, -0.25) is 0 Å². The van der Waals surface area contributed by atoms with E-state index in [0.29, 0.717) is 18.9 Å². The van der Waals surface area contributed by atoms with Crippen molar-refractivity contribution in [1.82, 2.24) is 4.98 Å². The summed E-state index contributed by atoms with van der Waals surface area (Å²) in [4.78, 5) is 9.89. The zero-order valence-corrected chi connectivity index (χ0v) is 17.0. The van der Waals surface area contributed by atoms with Crippen molar-refractivity contribution in [3.05, 3.63) is 60.4 Å². The van der Waals surface area contributed by atoms with Gasteiger partial charge in [-0.05, 0) is 55.8 Å². The monoisotopic (exact) mass is 404 g/mol. The van der Waals surface area contributed by atoms with E-state index in [1.54, 1.807) is 13.4 Å². The average Bonchev–Trinajstić information content (AvgIpc) is 3.25. The summed E-state index contributed by atoms with van der Waals surface area (Å²) in [6.45, 7) is 3.03. The molecule has 154 valence electrons. The topological polar surface area (TPSA) is 94.9 Å². The highest BCUT2D eigenvalue weighted by molar-refractivity contribution is 6.07. The molecule has 2 aromatic heterocycles. The van der Waals surface area contributed by atoms with Crippen LogP contribution in [0.25, 0.3) is 22.0 Å². The van der Waals surface area contributed by atoms with E-state index in [-0.39, 0.29) is 0 Å². The molecule has 4 rings (SSSR count). The molecule has 0 saturated heterocycles. The van der Waals surface area contributed by atoms with Gasteiger partial charge in [0.2, 0.25) is 5.71 Å². The largest absolute Gasteiger partial charge is 0.497 e. The van der Waals surface area contributed by atoms with Crippen LogP contribution in [0.4, 0.5) is 11.4 Å². The van der Waals surface area contributed by atoms with Crippen molar-refractivity contribution in [2.24, 2.45) is 10.9 Å². The van der Waals surface area contributed by atoms with Crippen molar-refractivity contribution < 1.29 is 14.0 Å². The number of nitrogens with two attached hydrogens (primary N) is 1. The molecule has 0 saturated carbocycles. The molecule has 0 spiro atoms. The predicted octanol–water partition coefficient (Wildman–Crippen LogP) is 4.82. The molecule has 7 nitrogen and oxygen atoms in total. The highest BCUT2D eigenvalue weighted by Gasteiger charge is 2.12. The fourth-order valence-electron chi connectivity index (χ4n) is 3.19. The molecule has 0 unspecified atom stereocenters. The first-order chi connectivity index (χ1) is 14.7. The van der Waals surface area contributed by atoms with Crippen LogP contribution in [0.2, 0.25) is 0 Å². The third-order valence-corrected chi connectivity index (χ3v) is 4.82. The van der Waals surface area contributed by atoms with Crippen LogP contribution < -0.4 is 15.8 Å². The number of fused-ring (bicyclic) bond motifs is 2. The Labute approximate surface area is 174 Å². The van der Waals surface area contributed by atoms with E-state index in [1.807, 2.05) is 55.5 Å². The van der Waals surface area contributed by atoms with Crippen LogP contribution in [-0.4, -0.2) is 31.0 Å². The summed E-state index contributed by atoms with van der Waals surface area (Å²) in [6.07, 6.45) is 2.43. The van der Waals surface area contributed by atoms with Crippen molar-refractivity contribution >= 4 is 39.1 Å². The lowest BCUT2D eigenvalue weighted by Crippen LogP contribution is -2.03. The molecule has 0 radical (unpaired) electrons. The summed E-state index contributed by atoms with van der Waals surface area (Å²) >= 11 is 0. The lowest BCUT2D eigenvalue weighted by Gasteiger charge is -2.12. The molecule has 0 aliphatic carbocycles. The number of hydrogen-bond donors (Lipinski definition) is 2. The highest BCUT2D eigenvalue weighted by atomic mass is 16.6. The quantitative estimate of drug-likeness (QED) is 0.248. The van der Waals surface area contributed by atoms with Crippen LogP contribution in [0.5, 0.6) is 5.75 Å². The van der Waals surface area contributed by atoms with Crippen molar-refractivity contribution in [1.29, 1.82) is 0 Å². The second-order valence-electron chi connectivity index (χ2n) is 6.86. The minimum absolute atomic E-state index is 0.522. The standard InChI is InChI=1S/C23H24N4O3/c1-15(27-30-12-3-11-24)16-4-6-17(7-5-16)25-22-19-9-8-18(28-2)14-21(19)26-23-20(22)10-13-29-23/h4-10,13-14H,3,11-12,24H2,1-2H3,(H,25,26). The summed E-state index contributed by atoms with van der Waals surface area (Å²) in [5.41, 5.74) is 10.5. The van der Waals surface area contributed by atoms with Gasteiger partial charge in [0.25, 0.3) is 0 Å². The first kappa shape index (κ1) is 19.7. The third kappa shape index (κ3) is 4.06. The van der Waals surface area contributed by atoms with Crippen molar-refractivity contribution in [2.75, 3.05) is 25.6 Å². The van der Waals surface area contributed by atoms with E-state index in [9.17, 15) is 0 Å². The van der Waals surface area contributed by atoms with Crippen LogP contribution in [-0.2, 0) is 4.84 Å². The van der Waals surface area contributed by atoms with Crippen LogP contribution in [0, 0.1) is 0 Å². The van der Waals surface area contributed by atoms with Gasteiger partial charge in [0.15, 0.2) is 0 Å². The van der Waals surface area contributed by atoms with Crippen molar-refractivity contribution in [3.8, 4) is 5.75 Å². The van der Waals surface area contributed by atoms with Gasteiger partial charge in [0.1, 0.15) is 12.4 Å². The number of hydrogen-bond acceptors (Lipinski definition) is 7. The van der Waals surface area contributed by atoms with E-state index in [2.05, 4.69) is 15.5 Å². The number of rotatable bonds is 8. The molecular formula is C23H24N4O3. The van der Waals surface area contributed by atoms with Crippen LogP contribution in [0.3, 0.4) is 0 Å². The number of oxime groups is 1. The SMILES string of the molecule is COc1ccc2c(Nc3ccc(C(C)=NOCCCN)cc3)c3ccoc3nc2c1. The number of methoxy groups -OCH3 is 1. The molecule has 0 bridgehead atoms. The number of pyridine rings is 1. The lowest BCUT2D eigenvalue weighted by molar-refractivity contribution is 0.143. The number of furan rings is 1. The summed E-state index contributed by atoms with van der Waals surface area (Å²) < 4.78 is 10.9. The van der Waals surface area contributed by atoms with E-state index < -0.39 is 0 Å². The number of ether oxygens (including phenoxy) is 1. The van der Waals surface area contributed by atoms with E-state index in [1.165, 1.54) is 0 Å². The minimum Gasteiger partial charge on any atom is -0.497 e. The summed E-state index contributed by atoms with van der Waals surface area (Å²) in [6, 6.07) is 15.8. The van der Waals surface area contributed by atoms with Crippen molar-refractivity contribution in [2.45, 2.75) is 13.3 Å². The molecule has 0 aliphatic heterocycles. The number of benzene rings is 2. The fraction of sp³-hybridized carbons (Fsp3) is 0.217. The average molecular weight is 404 g/mol. The maximum Gasteiger partial charge on any atom is 0.228 e. The number of aromatic nitrogens is 1. The van der Waals surface area contributed by atoms with E-state index in [0.717, 1.165) is 51.1 Å². The number of nitrogens with one attached hydrogen (secondary N) is 1. The maximum absolute atomic E-state index is 5.55. The Hall–Kier alpha value is -3.58. The second-order valence-corrected chi connectivity index (χ2v) is 6.86. The van der Waals surface area contributed by atoms with Crippen molar-refractivity contribution in [3.63, 3.8) is 0 Å². The second kappa shape index (κ2) is 8.84. The predicted molar refractivity (Wildman–Crippen MR) is 120 cm³/mol. The fourth-order valence-corrected chi connectivity index (χ4v) is 3.19. The summed E-state index contributed by atoms with van der Waals surface area (Å²) in [5.74, 6) is 0.750. The molecule has 4 aromatic rings. The molecule has 3 N–H and O–H groups in total.